The molecule has 0 bridgehead atoms. The van der Waals surface area contributed by atoms with Crippen molar-refractivity contribution in [2.24, 2.45) is 0 Å². The molecule has 5 nitrogen and oxygen atoms in total. The van der Waals surface area contributed by atoms with Crippen LogP contribution >= 0.6 is 0 Å². The molecular formula is C19H22N4O. The monoisotopic (exact) mass is 322 g/mol. The van der Waals surface area contributed by atoms with E-state index >= 15 is 0 Å². The Balaban J connectivity index is 1.77. The van der Waals surface area contributed by atoms with E-state index in [9.17, 15) is 5.11 Å². The van der Waals surface area contributed by atoms with Crippen molar-refractivity contribution < 1.29 is 5.11 Å². The molecule has 0 spiro atoms. The first kappa shape index (κ1) is 15.1. The molecule has 4 rings (SSSR count). The predicted octanol–water partition coefficient (Wildman–Crippen LogP) is 2.97. The van der Waals surface area contributed by atoms with Crippen molar-refractivity contribution in [3.8, 4) is 11.3 Å². The summed E-state index contributed by atoms with van der Waals surface area (Å²) in [5.41, 5.74) is 5.63. The van der Waals surface area contributed by atoms with Crippen LogP contribution in [-0.2, 0) is 0 Å². The van der Waals surface area contributed by atoms with E-state index in [-0.39, 0.29) is 6.10 Å². The number of hydrogen-bond acceptors (Lipinski definition) is 4. The van der Waals surface area contributed by atoms with Gasteiger partial charge >= 0.3 is 0 Å². The minimum Gasteiger partial charge on any atom is -0.393 e. The van der Waals surface area contributed by atoms with Crippen molar-refractivity contribution in [3.05, 3.63) is 47.8 Å². The van der Waals surface area contributed by atoms with Crippen LogP contribution in [0.15, 0.2) is 36.7 Å². The summed E-state index contributed by atoms with van der Waals surface area (Å²) in [6.45, 7) is 5.89. The number of hydrogen-bond donors (Lipinski definition) is 1. The van der Waals surface area contributed by atoms with Gasteiger partial charge in [-0.05, 0) is 38.3 Å². The van der Waals surface area contributed by atoms with Crippen LogP contribution in [0, 0.1) is 13.8 Å². The third-order valence-electron chi connectivity index (χ3n) is 4.79. The molecule has 1 saturated heterocycles. The Kier molecular flexibility index (Phi) is 3.73. The van der Waals surface area contributed by atoms with Gasteiger partial charge in [0, 0.05) is 31.0 Å². The molecule has 0 aliphatic carbocycles. The number of nitrogens with zero attached hydrogens (tertiary/aromatic N) is 4. The van der Waals surface area contributed by atoms with Crippen molar-refractivity contribution in [1.82, 2.24) is 14.6 Å². The third kappa shape index (κ3) is 2.65. The van der Waals surface area contributed by atoms with E-state index in [4.69, 9.17) is 5.10 Å². The average Bonchev–Trinajstić information content (AvgIpc) is 2.99. The van der Waals surface area contributed by atoms with Crippen molar-refractivity contribution in [2.75, 3.05) is 18.0 Å². The van der Waals surface area contributed by atoms with Gasteiger partial charge in [0.25, 0.3) is 0 Å². The second-order valence-electron chi connectivity index (χ2n) is 6.65. The Labute approximate surface area is 141 Å². The zero-order valence-corrected chi connectivity index (χ0v) is 14.1. The number of benzene rings is 1. The van der Waals surface area contributed by atoms with Crippen LogP contribution < -0.4 is 4.90 Å². The number of anilines is 1. The summed E-state index contributed by atoms with van der Waals surface area (Å²) in [6.07, 6.45) is 5.09. The van der Waals surface area contributed by atoms with E-state index in [2.05, 4.69) is 48.0 Å². The summed E-state index contributed by atoms with van der Waals surface area (Å²) in [4.78, 5) is 6.83. The van der Waals surface area contributed by atoms with E-state index in [1.165, 1.54) is 11.1 Å². The molecule has 1 aliphatic rings. The molecule has 1 aromatic carbocycles. The molecule has 0 radical (unpaired) electrons. The minimum absolute atomic E-state index is 0.184. The molecule has 5 heteroatoms. The lowest BCUT2D eigenvalue weighted by Gasteiger charge is -2.30. The summed E-state index contributed by atoms with van der Waals surface area (Å²) >= 11 is 0. The third-order valence-corrected chi connectivity index (χ3v) is 4.79. The first-order valence-corrected chi connectivity index (χ1v) is 8.47. The van der Waals surface area contributed by atoms with E-state index in [1.54, 1.807) is 6.20 Å². The highest BCUT2D eigenvalue weighted by molar-refractivity contribution is 5.76. The lowest BCUT2D eigenvalue weighted by Crippen LogP contribution is -2.36. The molecule has 0 unspecified atom stereocenters. The molecule has 124 valence electrons. The van der Waals surface area contributed by atoms with Gasteiger partial charge in [0.1, 0.15) is 5.52 Å². The van der Waals surface area contributed by atoms with Gasteiger partial charge < -0.3 is 10.0 Å². The van der Waals surface area contributed by atoms with Crippen molar-refractivity contribution in [3.63, 3.8) is 0 Å². The Hall–Kier alpha value is -2.40. The second kappa shape index (κ2) is 5.91. The quantitative estimate of drug-likeness (QED) is 0.788. The number of piperidine rings is 1. The standard InChI is InChI=1S/C19H22N4O/c1-13-3-4-16(14(2)11-13)17-12-18-19(20-7-10-23(18)21-17)22-8-5-15(24)6-9-22/h3-4,7,10-12,15,24H,5-6,8-9H2,1-2H3. The lowest BCUT2D eigenvalue weighted by molar-refractivity contribution is 0.145. The highest BCUT2D eigenvalue weighted by atomic mass is 16.3. The SMILES string of the molecule is Cc1ccc(-c2cc3c(N4CCC(O)CC4)nccn3n2)c(C)c1. The van der Waals surface area contributed by atoms with Gasteiger partial charge in [-0.3, -0.25) is 0 Å². The highest BCUT2D eigenvalue weighted by Crippen LogP contribution is 2.28. The number of aliphatic hydroxyl groups excluding tert-OH is 1. The zero-order chi connectivity index (χ0) is 16.7. The van der Waals surface area contributed by atoms with Crippen LogP contribution in [-0.4, -0.2) is 38.9 Å². The summed E-state index contributed by atoms with van der Waals surface area (Å²) in [5.74, 6) is 0.952. The van der Waals surface area contributed by atoms with Gasteiger partial charge in [-0.1, -0.05) is 23.8 Å². The summed E-state index contributed by atoms with van der Waals surface area (Å²) in [7, 11) is 0. The fourth-order valence-corrected chi connectivity index (χ4v) is 3.46. The number of aliphatic hydroxyl groups is 1. The van der Waals surface area contributed by atoms with Crippen LogP contribution in [0.5, 0.6) is 0 Å². The lowest BCUT2D eigenvalue weighted by atomic mass is 10.0. The average molecular weight is 322 g/mol. The van der Waals surface area contributed by atoms with Crippen LogP contribution in [0.2, 0.25) is 0 Å². The summed E-state index contributed by atoms with van der Waals surface area (Å²) in [6, 6.07) is 8.56. The van der Waals surface area contributed by atoms with Gasteiger partial charge in [-0.2, -0.15) is 5.10 Å². The number of aryl methyl sites for hydroxylation is 2. The molecule has 3 aromatic rings. The zero-order valence-electron chi connectivity index (χ0n) is 14.1. The van der Waals surface area contributed by atoms with Crippen LogP contribution in [0.3, 0.4) is 0 Å². The van der Waals surface area contributed by atoms with Gasteiger partial charge in [0.05, 0.1) is 11.8 Å². The van der Waals surface area contributed by atoms with Crippen molar-refractivity contribution >= 4 is 11.3 Å². The van der Waals surface area contributed by atoms with Gasteiger partial charge in [0.2, 0.25) is 0 Å². The molecule has 1 fully saturated rings. The predicted molar refractivity (Wildman–Crippen MR) is 95.4 cm³/mol. The fourth-order valence-electron chi connectivity index (χ4n) is 3.46. The Morgan fingerprint density at radius 1 is 1.12 bits per heavy atom. The Morgan fingerprint density at radius 3 is 2.67 bits per heavy atom. The Morgan fingerprint density at radius 2 is 1.92 bits per heavy atom. The molecule has 0 atom stereocenters. The largest absolute Gasteiger partial charge is 0.393 e. The maximum absolute atomic E-state index is 9.73. The maximum atomic E-state index is 9.73. The first-order valence-electron chi connectivity index (χ1n) is 8.47. The van der Waals surface area contributed by atoms with E-state index < -0.39 is 0 Å². The molecule has 0 saturated carbocycles. The molecule has 1 N–H and O–H groups in total. The van der Waals surface area contributed by atoms with Gasteiger partial charge in [-0.25, -0.2) is 9.50 Å². The van der Waals surface area contributed by atoms with Gasteiger partial charge in [0.15, 0.2) is 5.82 Å². The molecular weight excluding hydrogens is 300 g/mol. The van der Waals surface area contributed by atoms with Crippen molar-refractivity contribution in [1.29, 1.82) is 0 Å². The van der Waals surface area contributed by atoms with E-state index in [1.807, 2.05) is 10.7 Å². The van der Waals surface area contributed by atoms with Crippen LogP contribution in [0.4, 0.5) is 5.82 Å². The topological polar surface area (TPSA) is 53.7 Å². The maximum Gasteiger partial charge on any atom is 0.154 e. The van der Waals surface area contributed by atoms with E-state index in [0.717, 1.165) is 48.5 Å². The Bertz CT molecular complexity index is 878. The number of fused-ring (bicyclic) bond motifs is 1. The van der Waals surface area contributed by atoms with Crippen LogP contribution in [0.25, 0.3) is 16.8 Å². The number of rotatable bonds is 2. The summed E-state index contributed by atoms with van der Waals surface area (Å²) in [5, 5.41) is 14.5. The van der Waals surface area contributed by atoms with Crippen LogP contribution in [0.1, 0.15) is 24.0 Å². The molecule has 2 aromatic heterocycles. The smallest absolute Gasteiger partial charge is 0.154 e. The van der Waals surface area contributed by atoms with Crippen molar-refractivity contribution in [2.45, 2.75) is 32.8 Å². The molecule has 24 heavy (non-hydrogen) atoms. The molecule has 3 heterocycles. The second-order valence-corrected chi connectivity index (χ2v) is 6.65. The number of aromatic nitrogens is 3. The summed E-state index contributed by atoms with van der Waals surface area (Å²) < 4.78 is 1.90. The fraction of sp³-hybridized carbons (Fsp3) is 0.368. The molecule has 1 aliphatic heterocycles. The van der Waals surface area contributed by atoms with Gasteiger partial charge in [-0.15, -0.1) is 0 Å². The van der Waals surface area contributed by atoms with E-state index in [0.29, 0.717) is 0 Å². The molecule has 0 amide bonds. The highest BCUT2D eigenvalue weighted by Gasteiger charge is 2.21. The minimum atomic E-state index is -0.184. The first-order chi connectivity index (χ1) is 11.6. The normalized spacial score (nSPS) is 16.0.